The van der Waals surface area contributed by atoms with E-state index in [2.05, 4.69) is 6.92 Å². The van der Waals surface area contributed by atoms with E-state index in [0.29, 0.717) is 5.56 Å². The van der Waals surface area contributed by atoms with Gasteiger partial charge in [-0.2, -0.15) is 13.0 Å². The molecule has 0 N–H and O–H groups in total. The Kier molecular flexibility index (Phi) is 4.30. The minimum Gasteiger partial charge on any atom is -0.270 e. The second-order valence-corrected chi connectivity index (χ2v) is 1.89. The molecule has 0 unspecified atom stereocenters. The summed E-state index contributed by atoms with van der Waals surface area (Å²) in [5.41, 5.74) is 0.523. The summed E-state index contributed by atoms with van der Waals surface area (Å²) in [5.74, 6) is 0. The summed E-state index contributed by atoms with van der Waals surface area (Å²) in [5, 5.41) is 10.2. The molecule has 0 radical (unpaired) electrons. The zero-order chi connectivity index (χ0) is 7.56. The Labute approximate surface area is 89.8 Å². The zero-order valence-electron chi connectivity index (χ0n) is 5.86. The van der Waals surface area contributed by atoms with E-state index in [1.54, 1.807) is 18.2 Å². The van der Waals surface area contributed by atoms with Crippen LogP contribution in [0.2, 0.25) is 0 Å². The summed E-state index contributed by atoms with van der Waals surface area (Å²) >= 11 is 0. The largest absolute Gasteiger partial charge is 3.00 e. The van der Waals surface area contributed by atoms with Crippen LogP contribution in [0, 0.1) is 17.0 Å². The molecule has 0 saturated carbocycles. The molecule has 0 fully saturated rings. The summed E-state index contributed by atoms with van der Waals surface area (Å²) in [6, 6.07) is 6.38. The second-order valence-electron chi connectivity index (χ2n) is 1.89. The minimum absolute atomic E-state index is 0. The molecule has 4 heteroatoms. The summed E-state index contributed by atoms with van der Waals surface area (Å²) in [6.07, 6.45) is 0. The van der Waals surface area contributed by atoms with Crippen molar-refractivity contribution < 1.29 is 37.6 Å². The summed E-state index contributed by atoms with van der Waals surface area (Å²) in [7, 11) is 0. The van der Waals surface area contributed by atoms with Crippen molar-refractivity contribution in [2.24, 2.45) is 0 Å². The molecule has 0 aliphatic heterocycles. The van der Waals surface area contributed by atoms with Gasteiger partial charge in [0.05, 0.1) is 0 Å². The molecule has 11 heavy (non-hydrogen) atoms. The van der Waals surface area contributed by atoms with Gasteiger partial charge in [0.2, 0.25) is 0 Å². The van der Waals surface area contributed by atoms with Crippen LogP contribution in [0.4, 0.5) is 5.69 Å². The van der Waals surface area contributed by atoms with Crippen LogP contribution in [0.5, 0.6) is 0 Å². The zero-order valence-corrected chi connectivity index (χ0v) is 8.70. The molecular formula is C7H6NO2Y+2. The normalized spacial score (nSPS) is 8.36. The van der Waals surface area contributed by atoms with Gasteiger partial charge in [-0.1, -0.05) is 6.07 Å². The third-order valence-electron chi connectivity index (χ3n) is 1.19. The Balaban J connectivity index is 0.000001000. The van der Waals surface area contributed by atoms with Crippen molar-refractivity contribution in [2.75, 3.05) is 0 Å². The SMILES string of the molecule is [CH2-]c1ccccc1[N+](=O)[O-].[Y+3]. The second kappa shape index (κ2) is 4.47. The third-order valence-corrected chi connectivity index (χ3v) is 1.19. The van der Waals surface area contributed by atoms with Gasteiger partial charge in [-0.25, -0.2) is 0 Å². The summed E-state index contributed by atoms with van der Waals surface area (Å²) < 4.78 is 0. The molecular weight excluding hydrogens is 219 g/mol. The average molecular weight is 225 g/mol. The smallest absolute Gasteiger partial charge is 0.270 e. The number of hydrogen-bond acceptors (Lipinski definition) is 2. The number of para-hydroxylation sites is 1. The Morgan fingerprint density at radius 2 is 1.91 bits per heavy atom. The molecule has 1 aromatic carbocycles. The van der Waals surface area contributed by atoms with Crippen LogP contribution in [-0.2, 0) is 32.7 Å². The topological polar surface area (TPSA) is 43.1 Å². The van der Waals surface area contributed by atoms with Gasteiger partial charge in [-0.15, -0.1) is 11.6 Å². The maximum Gasteiger partial charge on any atom is 3.00 e. The van der Waals surface area contributed by atoms with Gasteiger partial charge >= 0.3 is 32.7 Å². The molecule has 0 spiro atoms. The number of nitro benzene ring substituents is 1. The average Bonchev–Trinajstić information content (AvgIpc) is 1.88. The standard InChI is InChI=1S/C7H6NO2.Y/c1-6-4-2-3-5-7(6)8(9)10;/h2-5H,1H2;/q-1;+3. The van der Waals surface area contributed by atoms with Crippen molar-refractivity contribution in [1.29, 1.82) is 0 Å². The van der Waals surface area contributed by atoms with Crippen molar-refractivity contribution in [2.45, 2.75) is 0 Å². The van der Waals surface area contributed by atoms with Gasteiger partial charge in [0.1, 0.15) is 0 Å². The number of nitro groups is 1. The molecule has 0 aliphatic carbocycles. The van der Waals surface area contributed by atoms with Crippen LogP contribution >= 0.6 is 0 Å². The molecule has 1 rings (SSSR count). The van der Waals surface area contributed by atoms with Crippen LogP contribution in [0.15, 0.2) is 24.3 Å². The molecule has 0 aromatic heterocycles. The number of nitrogens with zero attached hydrogens (tertiary/aromatic N) is 1. The Hall–Kier alpha value is -0.406. The Bertz CT molecular complexity index is 262. The summed E-state index contributed by atoms with van der Waals surface area (Å²) in [4.78, 5) is 9.75. The molecule has 0 aliphatic rings. The van der Waals surface area contributed by atoms with Crippen LogP contribution in [0.1, 0.15) is 5.56 Å². The maximum atomic E-state index is 10.2. The third kappa shape index (κ3) is 2.60. The van der Waals surface area contributed by atoms with Gasteiger partial charge in [0, 0.05) is 4.92 Å². The van der Waals surface area contributed by atoms with E-state index < -0.39 is 4.92 Å². The van der Waals surface area contributed by atoms with Gasteiger partial charge < -0.3 is 0 Å². The predicted octanol–water partition coefficient (Wildman–Crippen LogP) is 1.77. The fourth-order valence-electron chi connectivity index (χ4n) is 0.689. The van der Waals surface area contributed by atoms with Gasteiger partial charge in [-0.05, 0) is 6.07 Å². The number of hydrogen-bond donors (Lipinski definition) is 0. The van der Waals surface area contributed by atoms with E-state index in [-0.39, 0.29) is 38.4 Å². The fourth-order valence-corrected chi connectivity index (χ4v) is 0.689. The first-order valence-electron chi connectivity index (χ1n) is 2.77. The van der Waals surface area contributed by atoms with Crippen molar-refractivity contribution in [3.63, 3.8) is 0 Å². The summed E-state index contributed by atoms with van der Waals surface area (Å²) in [6.45, 7) is 3.50. The number of benzene rings is 1. The van der Waals surface area contributed by atoms with Crippen LogP contribution in [-0.4, -0.2) is 4.92 Å². The van der Waals surface area contributed by atoms with E-state index in [0.717, 1.165) is 0 Å². The first kappa shape index (κ1) is 10.6. The van der Waals surface area contributed by atoms with E-state index in [4.69, 9.17) is 0 Å². The molecule has 0 heterocycles. The van der Waals surface area contributed by atoms with E-state index in [9.17, 15) is 10.1 Å². The molecule has 0 amide bonds. The van der Waals surface area contributed by atoms with Crippen molar-refractivity contribution in [3.8, 4) is 0 Å². The molecule has 0 saturated heterocycles. The van der Waals surface area contributed by atoms with Gasteiger partial charge in [-0.3, -0.25) is 10.1 Å². The van der Waals surface area contributed by atoms with E-state index >= 15 is 0 Å². The Morgan fingerprint density at radius 3 is 2.27 bits per heavy atom. The first-order chi connectivity index (χ1) is 4.72. The molecule has 0 atom stereocenters. The van der Waals surface area contributed by atoms with Crippen molar-refractivity contribution in [3.05, 3.63) is 46.9 Å². The molecule has 3 nitrogen and oxygen atoms in total. The quantitative estimate of drug-likeness (QED) is 0.415. The maximum absolute atomic E-state index is 10.2. The molecule has 52 valence electrons. The minimum atomic E-state index is -0.442. The number of rotatable bonds is 1. The van der Waals surface area contributed by atoms with Gasteiger partial charge in [0.25, 0.3) is 0 Å². The Morgan fingerprint density at radius 1 is 1.36 bits per heavy atom. The van der Waals surface area contributed by atoms with Gasteiger partial charge in [0.15, 0.2) is 5.69 Å². The van der Waals surface area contributed by atoms with E-state index in [1.807, 2.05) is 0 Å². The van der Waals surface area contributed by atoms with Crippen LogP contribution in [0.25, 0.3) is 0 Å². The van der Waals surface area contributed by atoms with Crippen molar-refractivity contribution >= 4 is 5.69 Å². The van der Waals surface area contributed by atoms with Crippen LogP contribution < -0.4 is 0 Å². The molecule has 0 bridgehead atoms. The van der Waals surface area contributed by atoms with E-state index in [1.165, 1.54) is 6.07 Å². The van der Waals surface area contributed by atoms with Crippen LogP contribution in [0.3, 0.4) is 0 Å². The first-order valence-corrected chi connectivity index (χ1v) is 2.77. The van der Waals surface area contributed by atoms with Crippen molar-refractivity contribution in [1.82, 2.24) is 0 Å². The predicted molar refractivity (Wildman–Crippen MR) is 37.6 cm³/mol. The fraction of sp³-hybridized carbons (Fsp3) is 0. The monoisotopic (exact) mass is 225 g/mol. The molecule has 1 aromatic rings.